The Morgan fingerprint density at radius 1 is 1.20 bits per heavy atom. The van der Waals surface area contributed by atoms with Crippen LogP contribution >= 0.6 is 0 Å². The van der Waals surface area contributed by atoms with Gasteiger partial charge in [-0.2, -0.15) is 18.7 Å². The fraction of sp³-hybridized carbons (Fsp3) is 1.00. The van der Waals surface area contributed by atoms with E-state index in [1.165, 1.54) is 0 Å². The maximum absolute atomic E-state index is 11.8. The number of hydroxylamine groups is 1. The van der Waals surface area contributed by atoms with Gasteiger partial charge in [-0.05, 0) is 31.6 Å². The Hall–Kier alpha value is -0.290. The van der Waals surface area contributed by atoms with E-state index < -0.39 is 12.8 Å². The molecule has 1 fully saturated rings. The fourth-order valence-electron chi connectivity index (χ4n) is 1.93. The van der Waals surface area contributed by atoms with Crippen molar-refractivity contribution < 1.29 is 18.0 Å². The lowest BCUT2D eigenvalue weighted by Gasteiger charge is -2.28. The van der Waals surface area contributed by atoms with E-state index in [1.54, 1.807) is 0 Å². The van der Waals surface area contributed by atoms with Gasteiger partial charge in [-0.25, -0.2) is 0 Å². The lowest BCUT2D eigenvalue weighted by molar-refractivity contribution is -0.194. The summed E-state index contributed by atoms with van der Waals surface area (Å²) in [5.41, 5.74) is 2.50. The van der Waals surface area contributed by atoms with Crippen molar-refractivity contribution in [1.82, 2.24) is 5.48 Å². The average molecular weight is 225 g/mol. The predicted octanol–water partition coefficient (Wildman–Crippen LogP) is 3.04. The highest BCUT2D eigenvalue weighted by Crippen LogP contribution is 2.26. The molecule has 1 aliphatic rings. The van der Waals surface area contributed by atoms with Crippen molar-refractivity contribution in [3.63, 3.8) is 0 Å². The minimum atomic E-state index is -4.24. The van der Waals surface area contributed by atoms with E-state index in [9.17, 15) is 13.2 Å². The molecule has 90 valence electrons. The highest BCUT2D eigenvalue weighted by Gasteiger charge is 2.28. The number of halogens is 3. The summed E-state index contributed by atoms with van der Waals surface area (Å²) < 4.78 is 35.3. The van der Waals surface area contributed by atoms with Crippen LogP contribution in [0.3, 0.4) is 0 Å². The molecule has 0 aromatic heterocycles. The summed E-state index contributed by atoms with van der Waals surface area (Å²) in [5.74, 6) is 0.741. The Morgan fingerprint density at radius 2 is 1.80 bits per heavy atom. The summed E-state index contributed by atoms with van der Waals surface area (Å²) >= 11 is 0. The second-order valence-corrected chi connectivity index (χ2v) is 4.15. The number of hydrogen-bond donors (Lipinski definition) is 1. The van der Waals surface area contributed by atoms with E-state index in [0.29, 0.717) is 0 Å². The molecule has 1 saturated carbocycles. The third kappa shape index (κ3) is 5.37. The monoisotopic (exact) mass is 225 g/mol. The summed E-state index contributed by atoms with van der Waals surface area (Å²) in [6, 6.07) is 0.0927. The number of hydrogen-bond acceptors (Lipinski definition) is 2. The van der Waals surface area contributed by atoms with Crippen LogP contribution in [0.2, 0.25) is 0 Å². The lowest BCUT2D eigenvalue weighted by atomic mass is 9.85. The second kappa shape index (κ2) is 5.70. The number of alkyl halides is 3. The van der Waals surface area contributed by atoms with Crippen LogP contribution in [0.1, 0.15) is 39.0 Å². The van der Waals surface area contributed by atoms with Crippen LogP contribution in [-0.4, -0.2) is 18.8 Å². The number of rotatable bonds is 4. The van der Waals surface area contributed by atoms with Crippen LogP contribution in [0.25, 0.3) is 0 Å². The first-order valence-corrected chi connectivity index (χ1v) is 5.45. The van der Waals surface area contributed by atoms with E-state index in [0.717, 1.165) is 38.0 Å². The first-order valence-electron chi connectivity index (χ1n) is 5.45. The molecule has 1 aliphatic carbocycles. The summed E-state index contributed by atoms with van der Waals surface area (Å²) in [4.78, 5) is 4.43. The van der Waals surface area contributed by atoms with Gasteiger partial charge in [0, 0.05) is 6.04 Å². The average Bonchev–Trinajstić information content (AvgIpc) is 2.17. The summed E-state index contributed by atoms with van der Waals surface area (Å²) in [6.07, 6.45) is 0.920. The summed E-state index contributed by atoms with van der Waals surface area (Å²) in [6.45, 7) is 0.944. The van der Waals surface area contributed by atoms with Gasteiger partial charge in [-0.15, -0.1) is 0 Å². The molecule has 2 nitrogen and oxygen atoms in total. The molecule has 0 amide bonds. The smallest absolute Gasteiger partial charge is 0.292 e. The van der Waals surface area contributed by atoms with Crippen molar-refractivity contribution in [2.75, 3.05) is 6.61 Å². The molecule has 0 saturated heterocycles. The van der Waals surface area contributed by atoms with Crippen molar-refractivity contribution >= 4 is 0 Å². The topological polar surface area (TPSA) is 21.3 Å². The summed E-state index contributed by atoms with van der Waals surface area (Å²) in [5, 5.41) is 0. The minimum Gasteiger partial charge on any atom is -0.292 e. The Labute approximate surface area is 88.1 Å². The SMILES string of the molecule is CCC1CCC(NOCC(F)(F)F)CC1. The quantitative estimate of drug-likeness (QED) is 0.742. The van der Waals surface area contributed by atoms with Gasteiger partial charge in [0.1, 0.15) is 0 Å². The maximum Gasteiger partial charge on any atom is 0.413 e. The van der Waals surface area contributed by atoms with E-state index >= 15 is 0 Å². The van der Waals surface area contributed by atoms with Crippen LogP contribution in [0.5, 0.6) is 0 Å². The van der Waals surface area contributed by atoms with Crippen LogP contribution in [0.4, 0.5) is 13.2 Å². The molecule has 0 aliphatic heterocycles. The van der Waals surface area contributed by atoms with E-state index in [-0.39, 0.29) is 6.04 Å². The molecule has 0 aromatic rings. The largest absolute Gasteiger partial charge is 0.413 e. The van der Waals surface area contributed by atoms with E-state index in [4.69, 9.17) is 0 Å². The Morgan fingerprint density at radius 3 is 2.27 bits per heavy atom. The third-order valence-corrected chi connectivity index (χ3v) is 2.91. The number of nitrogens with one attached hydrogen (secondary N) is 1. The molecule has 0 aromatic carbocycles. The van der Waals surface area contributed by atoms with Gasteiger partial charge >= 0.3 is 6.18 Å². The van der Waals surface area contributed by atoms with Crippen molar-refractivity contribution in [2.24, 2.45) is 5.92 Å². The van der Waals surface area contributed by atoms with Crippen LogP contribution in [0, 0.1) is 5.92 Å². The lowest BCUT2D eigenvalue weighted by Crippen LogP contribution is -2.35. The minimum absolute atomic E-state index is 0.0927. The van der Waals surface area contributed by atoms with Gasteiger partial charge in [0.05, 0.1) is 0 Å². The highest BCUT2D eigenvalue weighted by molar-refractivity contribution is 4.74. The molecule has 0 heterocycles. The predicted molar refractivity (Wildman–Crippen MR) is 51.2 cm³/mol. The molecule has 0 atom stereocenters. The molecule has 1 rings (SSSR count). The molecule has 15 heavy (non-hydrogen) atoms. The molecule has 0 radical (unpaired) electrons. The molecular formula is C10H18F3NO. The Kier molecular flexibility index (Phi) is 4.86. The zero-order valence-corrected chi connectivity index (χ0v) is 8.94. The highest BCUT2D eigenvalue weighted by atomic mass is 19.4. The molecule has 1 N–H and O–H groups in total. The summed E-state index contributed by atoms with van der Waals surface area (Å²) in [7, 11) is 0. The Balaban J connectivity index is 2.09. The fourth-order valence-corrected chi connectivity index (χ4v) is 1.93. The van der Waals surface area contributed by atoms with Crippen molar-refractivity contribution in [1.29, 1.82) is 0 Å². The van der Waals surface area contributed by atoms with E-state index in [1.807, 2.05) is 0 Å². The Bertz CT molecular complexity index is 176. The van der Waals surface area contributed by atoms with Gasteiger partial charge in [0.25, 0.3) is 0 Å². The molecule has 0 unspecified atom stereocenters. The normalized spacial score (nSPS) is 28.0. The van der Waals surface area contributed by atoms with Crippen LogP contribution < -0.4 is 5.48 Å². The van der Waals surface area contributed by atoms with Crippen LogP contribution in [-0.2, 0) is 4.84 Å². The van der Waals surface area contributed by atoms with Crippen molar-refractivity contribution in [3.05, 3.63) is 0 Å². The van der Waals surface area contributed by atoms with Crippen molar-refractivity contribution in [3.8, 4) is 0 Å². The zero-order chi connectivity index (χ0) is 11.3. The zero-order valence-electron chi connectivity index (χ0n) is 8.94. The third-order valence-electron chi connectivity index (χ3n) is 2.91. The second-order valence-electron chi connectivity index (χ2n) is 4.15. The van der Waals surface area contributed by atoms with Gasteiger partial charge in [0.2, 0.25) is 0 Å². The molecular weight excluding hydrogens is 207 g/mol. The van der Waals surface area contributed by atoms with Gasteiger partial charge in [-0.1, -0.05) is 13.3 Å². The first-order chi connectivity index (χ1) is 7.01. The maximum atomic E-state index is 11.8. The van der Waals surface area contributed by atoms with Crippen molar-refractivity contribution in [2.45, 2.75) is 51.2 Å². The molecule has 0 spiro atoms. The molecule has 0 bridgehead atoms. The molecule has 5 heteroatoms. The van der Waals surface area contributed by atoms with Gasteiger partial charge < -0.3 is 0 Å². The van der Waals surface area contributed by atoms with Gasteiger partial charge in [0.15, 0.2) is 6.61 Å². The van der Waals surface area contributed by atoms with Gasteiger partial charge in [-0.3, -0.25) is 4.84 Å². The standard InChI is InChI=1S/C10H18F3NO/c1-2-8-3-5-9(6-4-8)14-15-7-10(11,12)13/h8-9,14H,2-7H2,1H3. The first kappa shape index (κ1) is 12.8. The van der Waals surface area contributed by atoms with Crippen LogP contribution in [0.15, 0.2) is 0 Å². The van der Waals surface area contributed by atoms with E-state index in [2.05, 4.69) is 17.2 Å².